The minimum Gasteiger partial charge on any atom is -0.285 e. The van der Waals surface area contributed by atoms with Crippen LogP contribution in [0.1, 0.15) is 27.2 Å². The van der Waals surface area contributed by atoms with Crippen molar-refractivity contribution in [1.82, 2.24) is 0 Å². The van der Waals surface area contributed by atoms with E-state index in [4.69, 9.17) is 8.37 Å². The van der Waals surface area contributed by atoms with Crippen LogP contribution in [0.15, 0.2) is 0 Å². The van der Waals surface area contributed by atoms with Crippen molar-refractivity contribution in [2.45, 2.75) is 27.2 Å². The second-order valence-corrected chi connectivity index (χ2v) is 5.17. The molecule has 0 aliphatic carbocycles. The van der Waals surface area contributed by atoms with E-state index in [9.17, 15) is 0 Å². The van der Waals surface area contributed by atoms with Crippen LogP contribution in [0.4, 0.5) is 0 Å². The summed E-state index contributed by atoms with van der Waals surface area (Å²) >= 11 is 0. The maximum absolute atomic E-state index is 5.57. The molecule has 0 fully saturated rings. The summed E-state index contributed by atoms with van der Waals surface area (Å²) in [4.78, 5) is 0. The maximum Gasteiger partial charge on any atom is 0.0685 e. The molecule has 0 aromatic heterocycles. The van der Waals surface area contributed by atoms with Crippen LogP contribution >= 0.6 is 10.6 Å². The molecule has 2 nitrogen and oxygen atoms in total. The molecule has 0 atom stereocenters. The molecular formula is C8H20O2S. The summed E-state index contributed by atoms with van der Waals surface area (Å²) in [6.07, 6.45) is 3.22. The highest BCUT2D eigenvalue weighted by Crippen LogP contribution is 2.46. The molecule has 0 N–H and O–H groups in total. The van der Waals surface area contributed by atoms with Gasteiger partial charge in [-0.15, -0.1) is 0 Å². The second-order valence-electron chi connectivity index (χ2n) is 2.44. The van der Waals surface area contributed by atoms with E-state index in [-0.39, 0.29) is 0 Å². The molecule has 70 valence electrons. The molecule has 0 spiro atoms. The lowest BCUT2D eigenvalue weighted by Gasteiger charge is -2.38. The van der Waals surface area contributed by atoms with Crippen LogP contribution < -0.4 is 0 Å². The van der Waals surface area contributed by atoms with E-state index in [2.05, 4.69) is 13.2 Å². The van der Waals surface area contributed by atoms with Crippen molar-refractivity contribution in [3.63, 3.8) is 0 Å². The van der Waals surface area contributed by atoms with Gasteiger partial charge in [-0.05, 0) is 20.3 Å². The van der Waals surface area contributed by atoms with Crippen molar-refractivity contribution in [3.05, 3.63) is 0 Å². The van der Waals surface area contributed by atoms with Gasteiger partial charge in [-0.1, -0.05) is 6.92 Å². The van der Waals surface area contributed by atoms with E-state index in [1.54, 1.807) is 0 Å². The zero-order valence-corrected chi connectivity index (χ0v) is 8.87. The van der Waals surface area contributed by atoms with Gasteiger partial charge < -0.3 is 0 Å². The lowest BCUT2D eigenvalue weighted by molar-refractivity contribution is 0.279. The van der Waals surface area contributed by atoms with Gasteiger partial charge in [0.2, 0.25) is 0 Å². The SMILES string of the molecule is CCCS(C)(OCC)OCC. The minimum absolute atomic E-state index is 0.756. The molecule has 0 rings (SSSR count). The highest BCUT2D eigenvalue weighted by atomic mass is 32.3. The van der Waals surface area contributed by atoms with E-state index in [1.807, 2.05) is 13.8 Å². The third-order valence-electron chi connectivity index (χ3n) is 1.31. The highest BCUT2D eigenvalue weighted by Gasteiger charge is 2.11. The largest absolute Gasteiger partial charge is 0.285 e. The van der Waals surface area contributed by atoms with Crippen molar-refractivity contribution >= 4 is 10.6 Å². The normalized spacial score (nSPS) is 13.5. The Bertz CT molecular complexity index is 79.1. The molecule has 0 aromatic rings. The Morgan fingerprint density at radius 3 is 1.73 bits per heavy atom. The predicted octanol–water partition coefficient (Wildman–Crippen LogP) is 2.73. The number of hydrogen-bond acceptors (Lipinski definition) is 2. The summed E-state index contributed by atoms with van der Waals surface area (Å²) in [6, 6.07) is 0. The van der Waals surface area contributed by atoms with E-state index in [0.29, 0.717) is 0 Å². The standard InChI is InChI=1S/C8H20O2S/c1-5-8-11(4,9-6-2)10-7-3/h5-8H2,1-4H3. The Morgan fingerprint density at radius 2 is 1.45 bits per heavy atom. The maximum atomic E-state index is 5.57. The van der Waals surface area contributed by atoms with Gasteiger partial charge in [0.1, 0.15) is 0 Å². The first-order valence-electron chi connectivity index (χ1n) is 4.23. The Hall–Kier alpha value is 0.270. The molecule has 0 heterocycles. The zero-order chi connectivity index (χ0) is 8.74. The van der Waals surface area contributed by atoms with Gasteiger partial charge in [-0.2, -0.15) is 10.6 Å². The topological polar surface area (TPSA) is 18.5 Å². The van der Waals surface area contributed by atoms with Crippen LogP contribution in [0, 0.1) is 0 Å². The smallest absolute Gasteiger partial charge is 0.0685 e. The van der Waals surface area contributed by atoms with E-state index < -0.39 is 10.6 Å². The highest BCUT2D eigenvalue weighted by molar-refractivity contribution is 8.25. The quantitative estimate of drug-likeness (QED) is 0.625. The molecule has 3 heteroatoms. The average molecular weight is 180 g/mol. The number of hydrogen-bond donors (Lipinski definition) is 0. The summed E-state index contributed by atoms with van der Waals surface area (Å²) in [7, 11) is -1.19. The molecule has 0 saturated carbocycles. The summed E-state index contributed by atoms with van der Waals surface area (Å²) < 4.78 is 11.1. The molecule has 0 amide bonds. The molecule has 0 saturated heterocycles. The Labute approximate surface area is 72.0 Å². The van der Waals surface area contributed by atoms with Crippen LogP contribution in [0.5, 0.6) is 0 Å². The molecule has 0 aromatic carbocycles. The lowest BCUT2D eigenvalue weighted by Crippen LogP contribution is -2.10. The fourth-order valence-electron chi connectivity index (χ4n) is 1.02. The first-order valence-corrected chi connectivity index (χ1v) is 6.29. The molecule has 0 unspecified atom stereocenters. The average Bonchev–Trinajstić information content (AvgIpc) is 1.88. The first-order chi connectivity index (χ1) is 5.18. The van der Waals surface area contributed by atoms with Crippen LogP contribution in [0.2, 0.25) is 0 Å². The monoisotopic (exact) mass is 180 g/mol. The van der Waals surface area contributed by atoms with E-state index >= 15 is 0 Å². The lowest BCUT2D eigenvalue weighted by atomic mass is 10.6. The molecule has 11 heavy (non-hydrogen) atoms. The van der Waals surface area contributed by atoms with Gasteiger partial charge in [0.05, 0.1) is 13.2 Å². The summed E-state index contributed by atoms with van der Waals surface area (Å²) in [5.41, 5.74) is 0. The summed E-state index contributed by atoms with van der Waals surface area (Å²) in [5, 5.41) is 0. The van der Waals surface area contributed by atoms with Crippen LogP contribution in [0.25, 0.3) is 0 Å². The van der Waals surface area contributed by atoms with E-state index in [1.165, 1.54) is 0 Å². The molecule has 0 radical (unpaired) electrons. The van der Waals surface area contributed by atoms with Gasteiger partial charge in [0.15, 0.2) is 0 Å². The van der Waals surface area contributed by atoms with Gasteiger partial charge in [-0.25, -0.2) is 0 Å². The third kappa shape index (κ3) is 4.67. The van der Waals surface area contributed by atoms with Gasteiger partial charge >= 0.3 is 0 Å². The first kappa shape index (κ1) is 11.3. The van der Waals surface area contributed by atoms with Crippen molar-refractivity contribution in [1.29, 1.82) is 0 Å². The summed E-state index contributed by atoms with van der Waals surface area (Å²) in [6.45, 7) is 7.70. The Kier molecular flexibility index (Phi) is 6.01. The van der Waals surface area contributed by atoms with Gasteiger partial charge in [-0.3, -0.25) is 8.37 Å². The van der Waals surface area contributed by atoms with Crippen LogP contribution in [-0.2, 0) is 8.37 Å². The minimum atomic E-state index is -1.19. The zero-order valence-electron chi connectivity index (χ0n) is 8.05. The molecule has 0 bridgehead atoms. The van der Waals surface area contributed by atoms with Crippen LogP contribution in [-0.4, -0.2) is 25.2 Å². The molecule has 0 aliphatic heterocycles. The second kappa shape index (κ2) is 5.86. The summed E-state index contributed by atoms with van der Waals surface area (Å²) in [5.74, 6) is 1.05. The van der Waals surface area contributed by atoms with Crippen LogP contribution in [0.3, 0.4) is 0 Å². The van der Waals surface area contributed by atoms with Gasteiger partial charge in [0, 0.05) is 12.0 Å². The van der Waals surface area contributed by atoms with Crippen molar-refractivity contribution in [2.24, 2.45) is 0 Å². The molecular weight excluding hydrogens is 160 g/mol. The third-order valence-corrected chi connectivity index (χ3v) is 3.93. The van der Waals surface area contributed by atoms with Gasteiger partial charge in [0.25, 0.3) is 0 Å². The molecule has 0 aliphatic rings. The Morgan fingerprint density at radius 1 is 1.00 bits per heavy atom. The van der Waals surface area contributed by atoms with Crippen molar-refractivity contribution < 1.29 is 8.37 Å². The Balaban J connectivity index is 3.79. The number of rotatable bonds is 6. The fourth-order valence-corrected chi connectivity index (χ4v) is 3.06. The van der Waals surface area contributed by atoms with Crippen molar-refractivity contribution in [2.75, 3.05) is 25.2 Å². The fraction of sp³-hybridized carbons (Fsp3) is 1.00. The van der Waals surface area contributed by atoms with Crippen molar-refractivity contribution in [3.8, 4) is 0 Å². The van der Waals surface area contributed by atoms with E-state index in [0.717, 1.165) is 25.4 Å². The predicted molar refractivity (Wildman–Crippen MR) is 51.9 cm³/mol.